The maximum Gasteiger partial charge on any atom is 0.271 e. The van der Waals surface area contributed by atoms with Crippen molar-refractivity contribution in [3.8, 4) is 6.07 Å². The molecule has 1 aliphatic carbocycles. The van der Waals surface area contributed by atoms with E-state index in [2.05, 4.69) is 11.9 Å². The van der Waals surface area contributed by atoms with E-state index in [0.29, 0.717) is 35.0 Å². The Morgan fingerprint density at radius 3 is 2.52 bits per heavy atom. The van der Waals surface area contributed by atoms with Gasteiger partial charge in [0.2, 0.25) is 0 Å². The molecule has 1 aromatic heterocycles. The summed E-state index contributed by atoms with van der Waals surface area (Å²) in [6, 6.07) is 11.6. The first kappa shape index (κ1) is 20.5. The highest BCUT2D eigenvalue weighted by atomic mass is 19.1. The summed E-state index contributed by atoms with van der Waals surface area (Å²) in [5.74, 6) is -1.07. The third-order valence-electron chi connectivity index (χ3n) is 5.68. The number of hydrogen-bond acceptors (Lipinski definition) is 4. The van der Waals surface area contributed by atoms with E-state index >= 15 is 0 Å². The van der Waals surface area contributed by atoms with Gasteiger partial charge in [0.1, 0.15) is 23.3 Å². The molecule has 156 valence electrons. The monoisotopic (exact) mass is 419 g/mol. The molecule has 0 radical (unpaired) electrons. The summed E-state index contributed by atoms with van der Waals surface area (Å²) in [6.07, 6.45) is 2.44. The molecule has 0 aliphatic heterocycles. The zero-order valence-electron chi connectivity index (χ0n) is 16.6. The van der Waals surface area contributed by atoms with Crippen LogP contribution in [0.1, 0.15) is 24.0 Å². The van der Waals surface area contributed by atoms with Crippen LogP contribution in [-0.4, -0.2) is 16.4 Å². The molecule has 1 heterocycles. The fourth-order valence-corrected chi connectivity index (χ4v) is 3.95. The lowest BCUT2D eigenvalue weighted by Gasteiger charge is -2.35. The van der Waals surface area contributed by atoms with Crippen molar-refractivity contribution in [2.24, 2.45) is 5.92 Å². The van der Waals surface area contributed by atoms with Crippen molar-refractivity contribution >= 4 is 22.4 Å². The highest BCUT2D eigenvalue weighted by Crippen LogP contribution is 2.34. The second-order valence-electron chi connectivity index (χ2n) is 7.66. The molecule has 0 amide bonds. The van der Waals surface area contributed by atoms with E-state index < -0.39 is 17.2 Å². The van der Waals surface area contributed by atoms with Gasteiger partial charge in [0.05, 0.1) is 17.7 Å². The number of anilines is 1. The van der Waals surface area contributed by atoms with Crippen molar-refractivity contribution < 1.29 is 13.6 Å². The molecular weight excluding hydrogens is 400 g/mol. The number of nitrogens with zero attached hydrogens (tertiary/aromatic N) is 2. The van der Waals surface area contributed by atoms with Gasteiger partial charge in [0, 0.05) is 17.3 Å². The predicted molar refractivity (Wildman–Crippen MR) is 114 cm³/mol. The summed E-state index contributed by atoms with van der Waals surface area (Å²) in [7, 11) is 0. The summed E-state index contributed by atoms with van der Waals surface area (Å²) in [4.78, 5) is 24.9. The highest BCUT2D eigenvalue weighted by Gasteiger charge is 2.34. The lowest BCUT2D eigenvalue weighted by Crippen LogP contribution is -2.40. The fraction of sp³-hybridized carbons (Fsp3) is 0.208. The number of pyridine rings is 1. The van der Waals surface area contributed by atoms with Gasteiger partial charge in [-0.2, -0.15) is 5.26 Å². The van der Waals surface area contributed by atoms with Gasteiger partial charge in [0.25, 0.3) is 5.56 Å². The zero-order chi connectivity index (χ0) is 22.1. The van der Waals surface area contributed by atoms with Crippen molar-refractivity contribution in [2.75, 3.05) is 5.32 Å². The summed E-state index contributed by atoms with van der Waals surface area (Å²) < 4.78 is 28.6. The van der Waals surface area contributed by atoms with Crippen LogP contribution in [-0.2, 0) is 11.3 Å². The molecule has 2 aromatic carbocycles. The molecule has 0 spiro atoms. The largest absolute Gasteiger partial charge is 0.380 e. The Labute approximate surface area is 177 Å². The fourth-order valence-electron chi connectivity index (χ4n) is 3.95. The van der Waals surface area contributed by atoms with Crippen LogP contribution >= 0.6 is 0 Å². The second-order valence-corrected chi connectivity index (χ2v) is 7.66. The molecule has 0 bridgehead atoms. The molecule has 1 fully saturated rings. The number of carbonyl (C=O) groups excluding carboxylic acids is 1. The van der Waals surface area contributed by atoms with Gasteiger partial charge in [-0.1, -0.05) is 18.7 Å². The second kappa shape index (κ2) is 8.15. The van der Waals surface area contributed by atoms with Crippen molar-refractivity contribution in [2.45, 2.75) is 25.4 Å². The van der Waals surface area contributed by atoms with Crippen LogP contribution in [0.3, 0.4) is 0 Å². The van der Waals surface area contributed by atoms with Gasteiger partial charge in [-0.25, -0.2) is 8.78 Å². The Balaban J connectivity index is 1.78. The quantitative estimate of drug-likeness (QED) is 0.610. The summed E-state index contributed by atoms with van der Waals surface area (Å²) >= 11 is 0. The predicted octanol–water partition coefficient (Wildman–Crippen LogP) is 4.15. The normalized spacial score (nSPS) is 17.6. The van der Waals surface area contributed by atoms with Crippen molar-refractivity contribution in [1.82, 2.24) is 4.57 Å². The topological polar surface area (TPSA) is 74.9 Å². The van der Waals surface area contributed by atoms with Gasteiger partial charge in [-0.05, 0) is 54.8 Å². The van der Waals surface area contributed by atoms with Crippen LogP contribution < -0.4 is 10.9 Å². The van der Waals surface area contributed by atoms with Gasteiger partial charge in [0.15, 0.2) is 5.78 Å². The molecule has 1 aliphatic rings. The van der Waals surface area contributed by atoms with Gasteiger partial charge < -0.3 is 9.88 Å². The molecule has 0 atom stereocenters. The SMILES string of the molecule is C=CC(=O)C1CC(Nc2c(C#N)c(=O)n(Cc3ccc(F)cc3)c3cc(F)ccc23)C1. The molecule has 1 N–H and O–H groups in total. The Morgan fingerprint density at radius 1 is 1.19 bits per heavy atom. The molecular formula is C24H19F2N3O2. The lowest BCUT2D eigenvalue weighted by atomic mass is 9.77. The first-order valence-corrected chi connectivity index (χ1v) is 9.84. The van der Waals surface area contributed by atoms with E-state index in [9.17, 15) is 23.6 Å². The summed E-state index contributed by atoms with van der Waals surface area (Å²) in [5, 5.41) is 13.5. The zero-order valence-corrected chi connectivity index (χ0v) is 16.6. The van der Waals surface area contributed by atoms with Crippen molar-refractivity contribution in [3.63, 3.8) is 0 Å². The van der Waals surface area contributed by atoms with Crippen LogP contribution in [0.2, 0.25) is 0 Å². The Morgan fingerprint density at radius 2 is 1.87 bits per heavy atom. The van der Waals surface area contributed by atoms with Gasteiger partial charge >= 0.3 is 0 Å². The van der Waals surface area contributed by atoms with E-state index in [-0.39, 0.29) is 29.9 Å². The van der Waals surface area contributed by atoms with Gasteiger partial charge in [-0.3, -0.25) is 9.59 Å². The third kappa shape index (κ3) is 3.84. The number of rotatable bonds is 6. The number of nitrogens with one attached hydrogen (secondary N) is 1. The van der Waals surface area contributed by atoms with Crippen LogP contribution in [0.15, 0.2) is 59.9 Å². The Hall–Kier alpha value is -3.79. The van der Waals surface area contributed by atoms with E-state index in [1.807, 2.05) is 6.07 Å². The van der Waals surface area contributed by atoms with Crippen LogP contribution in [0.4, 0.5) is 14.5 Å². The standard InChI is InChI=1S/C24H19F2N3O2/c1-2-22(30)15-9-18(10-15)28-23-19-8-7-17(26)11-21(19)29(24(31)20(23)12-27)13-14-3-5-16(25)6-4-14/h2-8,11,15,18,28H,1,9-10,13H2. The average Bonchev–Trinajstić information content (AvgIpc) is 2.73. The first-order chi connectivity index (χ1) is 14.9. The number of allylic oxidation sites excluding steroid dienone is 1. The van der Waals surface area contributed by atoms with Crippen LogP contribution in [0.5, 0.6) is 0 Å². The Kier molecular flexibility index (Phi) is 5.38. The van der Waals surface area contributed by atoms with E-state index in [0.717, 1.165) is 0 Å². The Bertz CT molecular complexity index is 1280. The van der Waals surface area contributed by atoms with Crippen molar-refractivity contribution in [1.29, 1.82) is 5.26 Å². The highest BCUT2D eigenvalue weighted by molar-refractivity contribution is 5.95. The number of nitriles is 1. The van der Waals surface area contributed by atoms with E-state index in [4.69, 9.17) is 0 Å². The number of hydrogen-bond donors (Lipinski definition) is 1. The maximum absolute atomic E-state index is 14.1. The van der Waals surface area contributed by atoms with E-state index in [1.54, 1.807) is 0 Å². The van der Waals surface area contributed by atoms with Crippen molar-refractivity contribution in [3.05, 3.63) is 88.2 Å². The minimum absolute atomic E-state index is 0.0276. The lowest BCUT2D eigenvalue weighted by molar-refractivity contribution is -0.120. The number of benzene rings is 2. The molecule has 1 saturated carbocycles. The van der Waals surface area contributed by atoms with Crippen LogP contribution in [0, 0.1) is 28.9 Å². The summed E-state index contributed by atoms with van der Waals surface area (Å²) in [5.41, 5.74) is 0.662. The molecule has 31 heavy (non-hydrogen) atoms. The maximum atomic E-state index is 14.1. The van der Waals surface area contributed by atoms with Gasteiger partial charge in [-0.15, -0.1) is 0 Å². The average molecular weight is 419 g/mol. The number of ketones is 1. The molecule has 7 heteroatoms. The first-order valence-electron chi connectivity index (χ1n) is 9.84. The summed E-state index contributed by atoms with van der Waals surface area (Å²) in [6.45, 7) is 3.56. The molecule has 0 unspecified atom stereocenters. The third-order valence-corrected chi connectivity index (χ3v) is 5.68. The smallest absolute Gasteiger partial charge is 0.271 e. The number of fused-ring (bicyclic) bond motifs is 1. The minimum atomic E-state index is -0.564. The number of halogens is 2. The number of aromatic nitrogens is 1. The molecule has 4 rings (SSSR count). The molecule has 0 saturated heterocycles. The molecule has 3 aromatic rings. The number of carbonyl (C=O) groups is 1. The van der Waals surface area contributed by atoms with E-state index in [1.165, 1.54) is 53.1 Å². The molecule has 5 nitrogen and oxygen atoms in total. The van der Waals surface area contributed by atoms with Crippen LogP contribution in [0.25, 0.3) is 10.9 Å². The minimum Gasteiger partial charge on any atom is -0.380 e.